The van der Waals surface area contributed by atoms with Crippen LogP contribution in [0.5, 0.6) is 0 Å². The number of anilines is 1. The molecule has 1 N–H and O–H groups in total. The number of aryl methyl sites for hydroxylation is 1. The van der Waals surface area contributed by atoms with Crippen molar-refractivity contribution in [1.29, 1.82) is 5.26 Å². The Morgan fingerprint density at radius 1 is 1.43 bits per heavy atom. The molecule has 0 aliphatic carbocycles. The lowest BCUT2D eigenvalue weighted by molar-refractivity contribution is 0.726. The van der Waals surface area contributed by atoms with E-state index in [0.717, 1.165) is 42.1 Å². The number of thiazole rings is 1. The average molecular weight is 300 g/mol. The number of hydrogen-bond donors (Lipinski definition) is 1. The quantitative estimate of drug-likeness (QED) is 0.891. The van der Waals surface area contributed by atoms with Crippen LogP contribution in [0.3, 0.4) is 0 Å². The largest absolute Gasteiger partial charge is 0.368 e. The van der Waals surface area contributed by atoms with Crippen LogP contribution in [0.25, 0.3) is 0 Å². The summed E-state index contributed by atoms with van der Waals surface area (Å²) in [6.07, 6.45) is 0. The maximum Gasteiger partial charge on any atom is 0.101 e. The number of aromatic nitrogens is 1. The molecule has 0 aliphatic rings. The topological polar surface area (TPSA) is 52.0 Å². The molecule has 21 heavy (non-hydrogen) atoms. The molecule has 2 aromatic rings. The van der Waals surface area contributed by atoms with Gasteiger partial charge in [-0.1, -0.05) is 13.0 Å². The van der Waals surface area contributed by atoms with E-state index < -0.39 is 0 Å². The second-order valence-corrected chi connectivity index (χ2v) is 5.90. The summed E-state index contributed by atoms with van der Waals surface area (Å²) in [4.78, 5) is 7.61. The predicted octanol–water partition coefficient (Wildman–Crippen LogP) is 3.07. The number of nitriles is 1. The normalized spacial score (nSPS) is 10.4. The smallest absolute Gasteiger partial charge is 0.101 e. The van der Waals surface area contributed by atoms with Gasteiger partial charge in [0.25, 0.3) is 0 Å². The lowest BCUT2D eigenvalue weighted by atomic mass is 10.1. The standard InChI is InChI=1S/C16H20N4S/c1-4-18-9-13-5-6-15(14(7-13)8-17)20(3)10-16-12(2)19-11-21-16/h5-7,11,18H,4,9-10H2,1-3H3. The highest BCUT2D eigenvalue weighted by molar-refractivity contribution is 7.09. The van der Waals surface area contributed by atoms with E-state index >= 15 is 0 Å². The van der Waals surface area contributed by atoms with Gasteiger partial charge in [0.1, 0.15) is 6.07 Å². The molecule has 1 aromatic carbocycles. The third kappa shape index (κ3) is 3.81. The van der Waals surface area contributed by atoms with E-state index in [9.17, 15) is 5.26 Å². The molecule has 0 fully saturated rings. The van der Waals surface area contributed by atoms with Crippen molar-refractivity contribution in [2.75, 3.05) is 18.5 Å². The highest BCUT2D eigenvalue weighted by Crippen LogP contribution is 2.24. The van der Waals surface area contributed by atoms with Gasteiger partial charge >= 0.3 is 0 Å². The lowest BCUT2D eigenvalue weighted by Gasteiger charge is -2.20. The monoisotopic (exact) mass is 300 g/mol. The third-order valence-corrected chi connectivity index (χ3v) is 4.32. The second-order valence-electron chi connectivity index (χ2n) is 4.96. The fourth-order valence-electron chi connectivity index (χ4n) is 2.16. The molecule has 0 spiro atoms. The minimum atomic E-state index is 0.718. The van der Waals surface area contributed by atoms with Gasteiger partial charge in [0, 0.05) is 18.5 Å². The molecular formula is C16H20N4S. The Balaban J connectivity index is 2.19. The van der Waals surface area contributed by atoms with E-state index in [0.29, 0.717) is 0 Å². The Morgan fingerprint density at radius 3 is 2.86 bits per heavy atom. The van der Waals surface area contributed by atoms with Crippen LogP contribution >= 0.6 is 11.3 Å². The molecule has 0 aliphatic heterocycles. The molecule has 1 aromatic heterocycles. The summed E-state index contributed by atoms with van der Waals surface area (Å²) in [5.74, 6) is 0. The molecule has 0 saturated carbocycles. The number of hydrogen-bond acceptors (Lipinski definition) is 5. The van der Waals surface area contributed by atoms with Crippen LogP contribution in [0, 0.1) is 18.3 Å². The predicted molar refractivity (Wildman–Crippen MR) is 87.5 cm³/mol. The molecule has 0 radical (unpaired) electrons. The van der Waals surface area contributed by atoms with Gasteiger partial charge in [-0.15, -0.1) is 11.3 Å². The van der Waals surface area contributed by atoms with Gasteiger partial charge in [0.15, 0.2) is 0 Å². The fraction of sp³-hybridized carbons (Fsp3) is 0.375. The molecule has 4 nitrogen and oxygen atoms in total. The second kappa shape index (κ2) is 7.21. The highest BCUT2D eigenvalue weighted by atomic mass is 32.1. The van der Waals surface area contributed by atoms with Gasteiger partial charge in [0.2, 0.25) is 0 Å². The van der Waals surface area contributed by atoms with Crippen molar-refractivity contribution in [3.63, 3.8) is 0 Å². The van der Waals surface area contributed by atoms with Crippen molar-refractivity contribution in [3.05, 3.63) is 45.4 Å². The van der Waals surface area contributed by atoms with Crippen LogP contribution in [-0.4, -0.2) is 18.6 Å². The molecule has 0 unspecified atom stereocenters. The minimum absolute atomic E-state index is 0.718. The lowest BCUT2D eigenvalue weighted by Crippen LogP contribution is -2.18. The van der Waals surface area contributed by atoms with E-state index in [1.807, 2.05) is 31.6 Å². The minimum Gasteiger partial charge on any atom is -0.368 e. The van der Waals surface area contributed by atoms with Crippen molar-refractivity contribution in [2.45, 2.75) is 26.9 Å². The number of nitrogens with one attached hydrogen (secondary N) is 1. The summed E-state index contributed by atoms with van der Waals surface area (Å²) in [6, 6.07) is 8.38. The highest BCUT2D eigenvalue weighted by Gasteiger charge is 2.11. The molecular weight excluding hydrogens is 280 g/mol. The Labute approximate surface area is 130 Å². The molecule has 2 rings (SSSR count). The summed E-state index contributed by atoms with van der Waals surface area (Å²) in [7, 11) is 2.01. The van der Waals surface area contributed by atoms with Crippen LogP contribution < -0.4 is 10.2 Å². The summed E-state index contributed by atoms with van der Waals surface area (Å²) >= 11 is 1.65. The molecule has 1 heterocycles. The summed E-state index contributed by atoms with van der Waals surface area (Å²) < 4.78 is 0. The van der Waals surface area contributed by atoms with E-state index in [4.69, 9.17) is 0 Å². The van der Waals surface area contributed by atoms with Crippen LogP contribution in [0.15, 0.2) is 23.7 Å². The van der Waals surface area contributed by atoms with Crippen molar-refractivity contribution in [2.24, 2.45) is 0 Å². The van der Waals surface area contributed by atoms with E-state index in [2.05, 4.69) is 34.3 Å². The van der Waals surface area contributed by atoms with Gasteiger partial charge in [-0.25, -0.2) is 4.98 Å². The van der Waals surface area contributed by atoms with Crippen LogP contribution in [0.2, 0.25) is 0 Å². The van der Waals surface area contributed by atoms with E-state index in [-0.39, 0.29) is 0 Å². The summed E-state index contributed by atoms with van der Waals surface area (Å²) in [5.41, 5.74) is 5.75. The van der Waals surface area contributed by atoms with Crippen molar-refractivity contribution in [3.8, 4) is 6.07 Å². The van der Waals surface area contributed by atoms with Crippen molar-refractivity contribution in [1.82, 2.24) is 10.3 Å². The van der Waals surface area contributed by atoms with E-state index in [1.165, 1.54) is 4.88 Å². The molecule has 0 bridgehead atoms. The molecule has 0 amide bonds. The van der Waals surface area contributed by atoms with Crippen molar-refractivity contribution < 1.29 is 0 Å². The Kier molecular flexibility index (Phi) is 5.32. The fourth-order valence-corrected chi connectivity index (χ4v) is 2.99. The van der Waals surface area contributed by atoms with E-state index in [1.54, 1.807) is 11.3 Å². The van der Waals surface area contributed by atoms with Gasteiger partial charge in [0.05, 0.1) is 29.0 Å². The van der Waals surface area contributed by atoms with Crippen LogP contribution in [-0.2, 0) is 13.1 Å². The maximum atomic E-state index is 9.39. The van der Waals surface area contributed by atoms with Gasteiger partial charge in [-0.05, 0) is 31.2 Å². The molecule has 5 heteroatoms. The first kappa shape index (κ1) is 15.5. The SMILES string of the molecule is CCNCc1ccc(N(C)Cc2scnc2C)c(C#N)c1. The molecule has 0 saturated heterocycles. The van der Waals surface area contributed by atoms with Crippen LogP contribution in [0.1, 0.15) is 28.6 Å². The summed E-state index contributed by atoms with van der Waals surface area (Å²) in [5, 5.41) is 12.7. The third-order valence-electron chi connectivity index (χ3n) is 3.40. The number of nitrogens with zero attached hydrogens (tertiary/aromatic N) is 3. The Bertz CT molecular complexity index is 642. The zero-order chi connectivity index (χ0) is 15.2. The Hall–Kier alpha value is -1.90. The van der Waals surface area contributed by atoms with Crippen molar-refractivity contribution >= 4 is 17.0 Å². The Morgan fingerprint density at radius 2 is 2.24 bits per heavy atom. The zero-order valence-corrected chi connectivity index (χ0v) is 13.5. The van der Waals surface area contributed by atoms with Crippen LogP contribution in [0.4, 0.5) is 5.69 Å². The number of benzene rings is 1. The van der Waals surface area contributed by atoms with Gasteiger partial charge in [-0.2, -0.15) is 5.26 Å². The summed E-state index contributed by atoms with van der Waals surface area (Å²) in [6.45, 7) is 6.59. The molecule has 0 atom stereocenters. The number of rotatable bonds is 6. The first-order valence-corrected chi connectivity index (χ1v) is 7.87. The molecule has 110 valence electrons. The first-order valence-electron chi connectivity index (χ1n) is 6.99. The maximum absolute atomic E-state index is 9.39. The van der Waals surface area contributed by atoms with Gasteiger partial charge < -0.3 is 10.2 Å². The average Bonchev–Trinajstić information content (AvgIpc) is 2.89. The zero-order valence-electron chi connectivity index (χ0n) is 12.7. The first-order chi connectivity index (χ1) is 10.2. The van der Waals surface area contributed by atoms with Gasteiger partial charge in [-0.3, -0.25) is 0 Å².